The second kappa shape index (κ2) is 11.6. The van der Waals surface area contributed by atoms with E-state index in [0.29, 0.717) is 19.3 Å². The predicted molar refractivity (Wildman–Crippen MR) is 155 cm³/mol. The minimum Gasteiger partial charge on any atom is -0.488 e. The average molecular weight is 520 g/mol. The lowest BCUT2D eigenvalue weighted by Gasteiger charge is -2.41. The van der Waals surface area contributed by atoms with Crippen LogP contribution < -0.4 is 9.47 Å². The first kappa shape index (κ1) is 25.6. The molecule has 6 rings (SSSR count). The van der Waals surface area contributed by atoms with Crippen LogP contribution in [0.3, 0.4) is 0 Å². The Morgan fingerprint density at radius 1 is 0.923 bits per heavy atom. The number of benzene rings is 3. The first-order valence-electron chi connectivity index (χ1n) is 14.3. The number of ether oxygens (including phenoxy) is 2. The number of likely N-dealkylation sites (tertiary alicyclic amines) is 1. The van der Waals surface area contributed by atoms with Crippen molar-refractivity contribution in [1.29, 1.82) is 0 Å². The fourth-order valence-electron chi connectivity index (χ4n) is 6.07. The maximum atomic E-state index is 6.62. The molecule has 0 spiro atoms. The highest BCUT2D eigenvalue weighted by Gasteiger charge is 2.30. The molecule has 1 fully saturated rings. The average Bonchev–Trinajstić information content (AvgIpc) is 3.46. The number of nitrogens with zero attached hydrogens (tertiary/aromatic N) is 3. The fraction of sp³-hybridized carbons (Fsp3) is 0.353. The summed E-state index contributed by atoms with van der Waals surface area (Å²) in [4.78, 5) is 11.2. The molecular formula is C34H37N3O2. The number of hydrogen-bond acceptors (Lipinski definition) is 5. The number of aromatic nitrogens is 2. The smallest absolute Gasteiger partial charge is 0.132 e. The zero-order chi connectivity index (χ0) is 26.6. The third-order valence-corrected chi connectivity index (χ3v) is 8.44. The Balaban J connectivity index is 1.30. The summed E-state index contributed by atoms with van der Waals surface area (Å²) in [7, 11) is 0. The van der Waals surface area contributed by atoms with Gasteiger partial charge in [0.25, 0.3) is 0 Å². The highest BCUT2D eigenvalue weighted by Crippen LogP contribution is 2.41. The van der Waals surface area contributed by atoms with Gasteiger partial charge >= 0.3 is 0 Å². The van der Waals surface area contributed by atoms with Crippen LogP contribution in [0.2, 0.25) is 0 Å². The molecule has 1 unspecified atom stereocenters. The molecule has 2 aliphatic rings. The van der Waals surface area contributed by atoms with E-state index in [9.17, 15) is 0 Å². The van der Waals surface area contributed by atoms with Crippen LogP contribution in [0, 0.1) is 6.92 Å². The van der Waals surface area contributed by atoms with Crippen molar-refractivity contribution in [2.24, 2.45) is 0 Å². The van der Waals surface area contributed by atoms with Crippen LogP contribution in [-0.4, -0.2) is 27.5 Å². The Kier molecular flexibility index (Phi) is 7.60. The Labute approximate surface area is 231 Å². The maximum absolute atomic E-state index is 6.62. The van der Waals surface area contributed by atoms with Gasteiger partial charge in [0.1, 0.15) is 24.7 Å². The number of rotatable bonds is 10. The maximum Gasteiger partial charge on any atom is 0.132 e. The Morgan fingerprint density at radius 3 is 2.54 bits per heavy atom. The molecule has 5 nitrogen and oxygen atoms in total. The standard InChI is InChI=1S/C34H37N3O2/c1-3-28-15-18-37(28)21-32-30-13-8-14-31(30)33(19-34(32)39-23-27-20-35-16-17-36-27)38-22-26-11-7-12-29(24(26)2)25-9-5-4-6-10-25/h4-7,9-12,16-17,19-20,28H,3,8,13-15,18,21-23H2,1-2H3. The van der Waals surface area contributed by atoms with Gasteiger partial charge in [-0.25, -0.2) is 0 Å². The summed E-state index contributed by atoms with van der Waals surface area (Å²) in [5, 5.41) is 0. The van der Waals surface area contributed by atoms with E-state index in [1.54, 1.807) is 18.6 Å². The molecule has 4 aromatic rings. The second-order valence-electron chi connectivity index (χ2n) is 10.7. The van der Waals surface area contributed by atoms with Gasteiger partial charge in [-0.05, 0) is 72.4 Å². The van der Waals surface area contributed by atoms with Crippen LogP contribution >= 0.6 is 0 Å². The van der Waals surface area contributed by atoms with Crippen molar-refractivity contribution in [3.63, 3.8) is 0 Å². The van der Waals surface area contributed by atoms with Crippen LogP contribution in [0.25, 0.3) is 11.1 Å². The van der Waals surface area contributed by atoms with Crippen molar-refractivity contribution in [1.82, 2.24) is 14.9 Å². The second-order valence-corrected chi connectivity index (χ2v) is 10.7. The summed E-state index contributed by atoms with van der Waals surface area (Å²) < 4.78 is 13.1. The zero-order valence-corrected chi connectivity index (χ0v) is 23.0. The monoisotopic (exact) mass is 519 g/mol. The molecule has 0 radical (unpaired) electrons. The van der Waals surface area contributed by atoms with Crippen molar-refractivity contribution in [2.45, 2.75) is 71.8 Å². The van der Waals surface area contributed by atoms with Gasteiger partial charge in [-0.3, -0.25) is 14.9 Å². The largest absolute Gasteiger partial charge is 0.488 e. The summed E-state index contributed by atoms with van der Waals surface area (Å²) in [6, 6.07) is 19.9. The van der Waals surface area contributed by atoms with Crippen molar-refractivity contribution in [2.75, 3.05) is 6.54 Å². The summed E-state index contributed by atoms with van der Waals surface area (Å²) >= 11 is 0. The Hall–Kier alpha value is -3.70. The molecule has 1 atom stereocenters. The van der Waals surface area contributed by atoms with Gasteiger partial charge in [0, 0.05) is 43.2 Å². The fourth-order valence-corrected chi connectivity index (χ4v) is 6.07. The van der Waals surface area contributed by atoms with Crippen molar-refractivity contribution in [3.05, 3.63) is 107 Å². The van der Waals surface area contributed by atoms with Crippen molar-refractivity contribution >= 4 is 0 Å². The van der Waals surface area contributed by atoms with E-state index in [1.807, 2.05) is 0 Å². The van der Waals surface area contributed by atoms with Gasteiger partial charge in [0.2, 0.25) is 0 Å². The van der Waals surface area contributed by atoms with Crippen LogP contribution in [-0.2, 0) is 32.6 Å². The third kappa shape index (κ3) is 5.41. The quantitative estimate of drug-likeness (QED) is 0.224. The molecule has 0 bridgehead atoms. The molecule has 39 heavy (non-hydrogen) atoms. The molecule has 2 heterocycles. The summed E-state index contributed by atoms with van der Waals surface area (Å²) in [5.74, 6) is 1.88. The molecule has 0 amide bonds. The Bertz CT molecular complexity index is 1420. The molecule has 200 valence electrons. The molecule has 0 saturated carbocycles. The molecule has 3 aromatic carbocycles. The van der Waals surface area contributed by atoms with Crippen LogP contribution in [0.15, 0.2) is 73.2 Å². The topological polar surface area (TPSA) is 47.5 Å². The van der Waals surface area contributed by atoms with Crippen LogP contribution in [0.4, 0.5) is 0 Å². The Morgan fingerprint density at radius 2 is 1.77 bits per heavy atom. The lowest BCUT2D eigenvalue weighted by molar-refractivity contribution is 0.0774. The van der Waals surface area contributed by atoms with Gasteiger partial charge < -0.3 is 9.47 Å². The first-order valence-corrected chi connectivity index (χ1v) is 14.3. The van der Waals surface area contributed by atoms with E-state index in [2.05, 4.69) is 83.3 Å². The van der Waals surface area contributed by atoms with Crippen molar-refractivity contribution < 1.29 is 9.47 Å². The predicted octanol–water partition coefficient (Wildman–Crippen LogP) is 7.08. The van der Waals surface area contributed by atoms with Gasteiger partial charge in [-0.2, -0.15) is 0 Å². The van der Waals surface area contributed by atoms with Crippen LogP contribution in [0.1, 0.15) is 59.7 Å². The van der Waals surface area contributed by atoms with Gasteiger partial charge in [-0.1, -0.05) is 55.5 Å². The SMILES string of the molecule is CCC1CCN1Cc1c(OCc2cnccn2)cc(OCc2cccc(-c3ccccc3)c2C)c2c1CCC2. The molecule has 1 aromatic heterocycles. The minimum atomic E-state index is 0.397. The number of hydrogen-bond donors (Lipinski definition) is 0. The van der Waals surface area contributed by atoms with Gasteiger partial charge in [0.05, 0.1) is 11.9 Å². The van der Waals surface area contributed by atoms with E-state index in [4.69, 9.17) is 9.47 Å². The molecule has 0 N–H and O–H groups in total. The summed E-state index contributed by atoms with van der Waals surface area (Å²) in [6.45, 7) is 7.52. The zero-order valence-electron chi connectivity index (χ0n) is 23.0. The molecule has 1 aliphatic carbocycles. The van der Waals surface area contributed by atoms with E-state index < -0.39 is 0 Å². The van der Waals surface area contributed by atoms with E-state index in [0.717, 1.165) is 49.5 Å². The van der Waals surface area contributed by atoms with E-state index >= 15 is 0 Å². The van der Waals surface area contributed by atoms with E-state index in [1.165, 1.54) is 51.8 Å². The third-order valence-electron chi connectivity index (χ3n) is 8.44. The molecule has 5 heteroatoms. The van der Waals surface area contributed by atoms with Crippen molar-refractivity contribution in [3.8, 4) is 22.6 Å². The highest BCUT2D eigenvalue weighted by molar-refractivity contribution is 5.68. The lowest BCUT2D eigenvalue weighted by atomic mass is 9.95. The van der Waals surface area contributed by atoms with E-state index in [-0.39, 0.29) is 0 Å². The summed E-state index contributed by atoms with van der Waals surface area (Å²) in [6.07, 6.45) is 11.0. The first-order chi connectivity index (χ1) is 19.2. The van der Waals surface area contributed by atoms with Gasteiger partial charge in [-0.15, -0.1) is 0 Å². The summed E-state index contributed by atoms with van der Waals surface area (Å²) in [5.41, 5.74) is 9.92. The molecular weight excluding hydrogens is 482 g/mol. The highest BCUT2D eigenvalue weighted by atomic mass is 16.5. The lowest BCUT2D eigenvalue weighted by Crippen LogP contribution is -2.46. The van der Waals surface area contributed by atoms with Crippen LogP contribution in [0.5, 0.6) is 11.5 Å². The van der Waals surface area contributed by atoms with Gasteiger partial charge in [0.15, 0.2) is 0 Å². The molecule has 1 saturated heterocycles. The normalized spacial score (nSPS) is 16.5. The minimum absolute atomic E-state index is 0.397. The molecule has 1 aliphatic heterocycles. The number of fused-ring (bicyclic) bond motifs is 1.